The number of pyridine rings is 1. The summed E-state index contributed by atoms with van der Waals surface area (Å²) in [6, 6.07) is 4.28. The highest BCUT2D eigenvalue weighted by molar-refractivity contribution is 5.41. The Morgan fingerprint density at radius 2 is 2.37 bits per heavy atom. The predicted octanol–water partition coefficient (Wildman–Crippen LogP) is 2.20. The molecule has 0 radical (unpaired) electrons. The van der Waals surface area contributed by atoms with Crippen molar-refractivity contribution in [3.63, 3.8) is 0 Å². The van der Waals surface area contributed by atoms with E-state index in [9.17, 15) is 0 Å². The Balaban J connectivity index is 1.97. The van der Waals surface area contributed by atoms with Crippen molar-refractivity contribution < 1.29 is 4.74 Å². The molecule has 1 fully saturated rings. The minimum atomic E-state index is 0.345. The van der Waals surface area contributed by atoms with E-state index in [-0.39, 0.29) is 0 Å². The maximum atomic E-state index is 5.71. The number of anilines is 1. The topological polar surface area (TPSA) is 37.4 Å². The van der Waals surface area contributed by atoms with Gasteiger partial charge in [0.1, 0.15) is 5.82 Å². The zero-order chi connectivity index (χ0) is 13.5. The number of rotatable bonds is 6. The van der Waals surface area contributed by atoms with Crippen LogP contribution in [0.4, 0.5) is 5.82 Å². The first kappa shape index (κ1) is 14.3. The standard InChI is InChI=1S/C15H25N3O/c1-3-6-16-11-13-5-7-17-15(10-13)18-8-9-19-14(4-2)12-18/h5,7,10,14,16H,3-4,6,8-9,11-12H2,1-2H3. The number of morpholine rings is 1. The van der Waals surface area contributed by atoms with E-state index in [1.807, 2.05) is 6.20 Å². The zero-order valence-corrected chi connectivity index (χ0v) is 12.1. The first-order chi connectivity index (χ1) is 9.33. The van der Waals surface area contributed by atoms with Crippen LogP contribution in [0.3, 0.4) is 0 Å². The molecule has 106 valence electrons. The first-order valence-electron chi connectivity index (χ1n) is 7.35. The van der Waals surface area contributed by atoms with Crippen molar-refractivity contribution in [2.45, 2.75) is 39.3 Å². The molecule has 0 aromatic carbocycles. The third-order valence-corrected chi connectivity index (χ3v) is 3.48. The van der Waals surface area contributed by atoms with Crippen molar-refractivity contribution in [1.29, 1.82) is 0 Å². The van der Waals surface area contributed by atoms with E-state index in [0.29, 0.717) is 6.10 Å². The Morgan fingerprint density at radius 3 is 3.16 bits per heavy atom. The molecule has 4 heteroatoms. The Hall–Kier alpha value is -1.13. The van der Waals surface area contributed by atoms with Crippen LogP contribution < -0.4 is 10.2 Å². The van der Waals surface area contributed by atoms with Gasteiger partial charge in [-0.05, 0) is 37.1 Å². The molecule has 1 aliphatic heterocycles. The summed E-state index contributed by atoms with van der Waals surface area (Å²) >= 11 is 0. The molecule has 0 aliphatic carbocycles. The van der Waals surface area contributed by atoms with Gasteiger partial charge < -0.3 is 15.0 Å². The van der Waals surface area contributed by atoms with Crippen LogP contribution in [0.15, 0.2) is 18.3 Å². The van der Waals surface area contributed by atoms with Gasteiger partial charge in [-0.15, -0.1) is 0 Å². The number of hydrogen-bond donors (Lipinski definition) is 1. The maximum absolute atomic E-state index is 5.71. The highest BCUT2D eigenvalue weighted by Gasteiger charge is 2.19. The molecule has 1 aromatic rings. The van der Waals surface area contributed by atoms with E-state index in [0.717, 1.165) is 45.0 Å². The van der Waals surface area contributed by atoms with E-state index in [1.54, 1.807) is 0 Å². The van der Waals surface area contributed by atoms with Gasteiger partial charge in [0.2, 0.25) is 0 Å². The zero-order valence-electron chi connectivity index (χ0n) is 12.1. The van der Waals surface area contributed by atoms with E-state index >= 15 is 0 Å². The molecule has 4 nitrogen and oxygen atoms in total. The number of hydrogen-bond acceptors (Lipinski definition) is 4. The molecule has 1 aromatic heterocycles. The van der Waals surface area contributed by atoms with Crippen LogP contribution in [0.2, 0.25) is 0 Å². The quantitative estimate of drug-likeness (QED) is 0.798. The van der Waals surface area contributed by atoms with E-state index in [4.69, 9.17) is 4.74 Å². The van der Waals surface area contributed by atoms with Gasteiger partial charge in [0.25, 0.3) is 0 Å². The minimum Gasteiger partial charge on any atom is -0.375 e. The second-order valence-electron chi connectivity index (χ2n) is 5.05. The molecule has 1 saturated heterocycles. The van der Waals surface area contributed by atoms with Gasteiger partial charge in [0, 0.05) is 25.8 Å². The Labute approximate surface area is 116 Å². The smallest absolute Gasteiger partial charge is 0.128 e. The van der Waals surface area contributed by atoms with Gasteiger partial charge in [-0.2, -0.15) is 0 Å². The maximum Gasteiger partial charge on any atom is 0.128 e. The molecular weight excluding hydrogens is 238 g/mol. The van der Waals surface area contributed by atoms with Crippen LogP contribution in [-0.2, 0) is 11.3 Å². The molecule has 1 aliphatic rings. The summed E-state index contributed by atoms with van der Waals surface area (Å²) in [5.74, 6) is 1.08. The van der Waals surface area contributed by atoms with Crippen molar-refractivity contribution in [1.82, 2.24) is 10.3 Å². The Kier molecular flexibility index (Phi) is 5.61. The average Bonchev–Trinajstić information content (AvgIpc) is 2.48. The highest BCUT2D eigenvalue weighted by Crippen LogP contribution is 2.17. The molecule has 1 unspecified atom stereocenters. The second-order valence-corrected chi connectivity index (χ2v) is 5.05. The fourth-order valence-electron chi connectivity index (χ4n) is 2.33. The molecule has 0 amide bonds. The van der Waals surface area contributed by atoms with Crippen LogP contribution in [0.1, 0.15) is 32.3 Å². The molecule has 2 heterocycles. The van der Waals surface area contributed by atoms with Crippen LogP contribution in [-0.4, -0.2) is 37.3 Å². The summed E-state index contributed by atoms with van der Waals surface area (Å²) in [5.41, 5.74) is 1.30. The Morgan fingerprint density at radius 1 is 1.47 bits per heavy atom. The van der Waals surface area contributed by atoms with Gasteiger partial charge >= 0.3 is 0 Å². The van der Waals surface area contributed by atoms with Gasteiger partial charge in [-0.25, -0.2) is 4.98 Å². The molecule has 2 rings (SSSR count). The molecule has 1 atom stereocenters. The summed E-state index contributed by atoms with van der Waals surface area (Å²) in [6.45, 7) is 9.04. The molecule has 0 saturated carbocycles. The average molecular weight is 263 g/mol. The third kappa shape index (κ3) is 4.18. The van der Waals surface area contributed by atoms with Crippen molar-refractivity contribution in [2.24, 2.45) is 0 Å². The largest absolute Gasteiger partial charge is 0.375 e. The van der Waals surface area contributed by atoms with Crippen molar-refractivity contribution in [3.05, 3.63) is 23.9 Å². The third-order valence-electron chi connectivity index (χ3n) is 3.48. The lowest BCUT2D eigenvalue weighted by atomic mass is 10.2. The summed E-state index contributed by atoms with van der Waals surface area (Å²) < 4.78 is 5.71. The lowest BCUT2D eigenvalue weighted by Crippen LogP contribution is -2.42. The minimum absolute atomic E-state index is 0.345. The van der Waals surface area contributed by atoms with E-state index < -0.39 is 0 Å². The van der Waals surface area contributed by atoms with Gasteiger partial charge in [-0.3, -0.25) is 0 Å². The Bertz CT molecular complexity index is 383. The molecule has 0 bridgehead atoms. The van der Waals surface area contributed by atoms with Crippen molar-refractivity contribution >= 4 is 5.82 Å². The number of aromatic nitrogens is 1. The fourth-order valence-corrected chi connectivity index (χ4v) is 2.33. The second kappa shape index (κ2) is 7.46. The normalized spacial score (nSPS) is 19.7. The van der Waals surface area contributed by atoms with Gasteiger partial charge in [0.05, 0.1) is 12.7 Å². The van der Waals surface area contributed by atoms with Gasteiger partial charge in [-0.1, -0.05) is 13.8 Å². The van der Waals surface area contributed by atoms with Crippen LogP contribution in [0.25, 0.3) is 0 Å². The van der Waals surface area contributed by atoms with E-state index in [1.165, 1.54) is 12.0 Å². The van der Waals surface area contributed by atoms with Crippen LogP contribution >= 0.6 is 0 Å². The summed E-state index contributed by atoms with van der Waals surface area (Å²) in [5, 5.41) is 3.43. The number of nitrogens with one attached hydrogen (secondary N) is 1. The predicted molar refractivity (Wildman–Crippen MR) is 78.5 cm³/mol. The summed E-state index contributed by atoms with van der Waals surface area (Å²) in [4.78, 5) is 6.84. The van der Waals surface area contributed by atoms with Crippen molar-refractivity contribution in [3.8, 4) is 0 Å². The molecular formula is C15H25N3O. The molecule has 19 heavy (non-hydrogen) atoms. The number of ether oxygens (including phenoxy) is 1. The van der Waals surface area contributed by atoms with Crippen LogP contribution in [0, 0.1) is 0 Å². The van der Waals surface area contributed by atoms with E-state index in [2.05, 4.69) is 41.2 Å². The SMILES string of the molecule is CCCNCc1ccnc(N2CCOC(CC)C2)c1. The summed E-state index contributed by atoms with van der Waals surface area (Å²) in [7, 11) is 0. The fraction of sp³-hybridized carbons (Fsp3) is 0.667. The highest BCUT2D eigenvalue weighted by atomic mass is 16.5. The van der Waals surface area contributed by atoms with Crippen molar-refractivity contribution in [2.75, 3.05) is 31.1 Å². The number of nitrogens with zero attached hydrogens (tertiary/aromatic N) is 2. The van der Waals surface area contributed by atoms with Gasteiger partial charge in [0.15, 0.2) is 0 Å². The summed E-state index contributed by atoms with van der Waals surface area (Å²) in [6.07, 6.45) is 4.49. The lowest BCUT2D eigenvalue weighted by Gasteiger charge is -2.33. The molecule has 1 N–H and O–H groups in total. The monoisotopic (exact) mass is 263 g/mol. The molecule has 0 spiro atoms. The van der Waals surface area contributed by atoms with Crippen LogP contribution in [0.5, 0.6) is 0 Å². The first-order valence-corrected chi connectivity index (χ1v) is 7.35. The lowest BCUT2D eigenvalue weighted by molar-refractivity contribution is 0.0381.